The lowest BCUT2D eigenvalue weighted by molar-refractivity contribution is 0.0708. The topological polar surface area (TPSA) is 92.9 Å². The van der Waals surface area contributed by atoms with Crippen molar-refractivity contribution in [3.63, 3.8) is 0 Å². The van der Waals surface area contributed by atoms with Crippen molar-refractivity contribution in [1.82, 2.24) is 4.90 Å². The number of benzene rings is 2. The fraction of sp³-hybridized carbons (Fsp3) is 0.350. The number of nitrogens with two attached hydrogens (primary N) is 1. The predicted molar refractivity (Wildman–Crippen MR) is 108 cm³/mol. The van der Waals surface area contributed by atoms with E-state index in [-0.39, 0.29) is 16.9 Å². The summed E-state index contributed by atoms with van der Waals surface area (Å²) < 4.78 is 29.3. The summed E-state index contributed by atoms with van der Waals surface area (Å²) in [4.78, 5) is 16.6. The summed E-state index contributed by atoms with van der Waals surface area (Å²) in [7, 11) is -2.19. The van der Waals surface area contributed by atoms with Gasteiger partial charge in [-0.1, -0.05) is 18.2 Å². The largest absolute Gasteiger partial charge is 0.485 e. The molecule has 1 heterocycles. The van der Waals surface area contributed by atoms with E-state index in [1.807, 2.05) is 24.3 Å². The van der Waals surface area contributed by atoms with Crippen LogP contribution in [0.2, 0.25) is 0 Å². The third kappa shape index (κ3) is 4.13. The minimum absolute atomic E-state index is 0.0742. The third-order valence-electron chi connectivity index (χ3n) is 4.90. The zero-order valence-electron chi connectivity index (χ0n) is 16.3. The summed E-state index contributed by atoms with van der Waals surface area (Å²) >= 11 is 0. The monoisotopic (exact) mass is 403 g/mol. The zero-order valence-corrected chi connectivity index (χ0v) is 17.1. The van der Waals surface area contributed by atoms with Gasteiger partial charge < -0.3 is 14.5 Å². The molecule has 3 rings (SSSR count). The number of likely N-dealkylation sites (N-methyl/N-ethyl adjacent to an activating group) is 2. The van der Waals surface area contributed by atoms with Gasteiger partial charge in [-0.2, -0.15) is 0 Å². The summed E-state index contributed by atoms with van der Waals surface area (Å²) in [5.74, 6) is 0.530. The van der Waals surface area contributed by atoms with Gasteiger partial charge in [0.05, 0.1) is 23.7 Å². The van der Waals surface area contributed by atoms with Crippen LogP contribution in [0.25, 0.3) is 0 Å². The Morgan fingerprint density at radius 1 is 1.29 bits per heavy atom. The van der Waals surface area contributed by atoms with E-state index in [9.17, 15) is 13.2 Å². The van der Waals surface area contributed by atoms with E-state index in [4.69, 9.17) is 9.88 Å². The Balaban J connectivity index is 1.79. The number of aryl methyl sites for hydroxylation is 1. The lowest BCUT2D eigenvalue weighted by Crippen LogP contribution is -2.46. The number of fused-ring (bicyclic) bond motifs is 1. The number of hydrogen-bond acceptors (Lipinski definition) is 5. The van der Waals surface area contributed by atoms with Crippen LogP contribution in [-0.4, -0.2) is 52.0 Å². The van der Waals surface area contributed by atoms with Crippen molar-refractivity contribution >= 4 is 21.6 Å². The van der Waals surface area contributed by atoms with Crippen LogP contribution in [0.5, 0.6) is 5.75 Å². The van der Waals surface area contributed by atoms with Crippen LogP contribution in [0.4, 0.5) is 5.69 Å². The maximum absolute atomic E-state index is 12.9. The van der Waals surface area contributed by atoms with Crippen LogP contribution in [0.15, 0.2) is 47.4 Å². The predicted octanol–water partition coefficient (Wildman–Crippen LogP) is 2.00. The normalized spacial score (nSPS) is 16.3. The highest BCUT2D eigenvalue weighted by atomic mass is 32.2. The van der Waals surface area contributed by atoms with Gasteiger partial charge in [0, 0.05) is 19.2 Å². The Morgan fingerprint density at radius 3 is 2.68 bits per heavy atom. The van der Waals surface area contributed by atoms with Crippen molar-refractivity contribution in [3.05, 3.63) is 53.6 Å². The number of rotatable bonds is 5. The van der Waals surface area contributed by atoms with E-state index in [0.29, 0.717) is 24.2 Å². The molecule has 150 valence electrons. The second-order valence-electron chi connectivity index (χ2n) is 6.95. The standard InChI is InChI=1S/C20H25N3O4S/c1-4-23-13-15(27-19-8-6-5-7-18(19)23)12-22(3)20(24)17-11-16(28(21,25)26)10-9-14(17)2/h5-11,15H,4,12-13H2,1-3H3,(H2,21,25,26)/t15-/m0/s1. The molecular formula is C20H25N3O4S. The van der Waals surface area contributed by atoms with E-state index in [0.717, 1.165) is 18.0 Å². The van der Waals surface area contributed by atoms with Gasteiger partial charge in [0.2, 0.25) is 10.0 Å². The van der Waals surface area contributed by atoms with E-state index < -0.39 is 10.0 Å². The minimum atomic E-state index is -3.87. The Hall–Kier alpha value is -2.58. The highest BCUT2D eigenvalue weighted by molar-refractivity contribution is 7.89. The molecule has 0 unspecified atom stereocenters. The fourth-order valence-electron chi connectivity index (χ4n) is 3.38. The first-order chi connectivity index (χ1) is 13.2. The number of carbonyl (C=O) groups is 1. The van der Waals surface area contributed by atoms with Crippen molar-refractivity contribution in [3.8, 4) is 5.75 Å². The Morgan fingerprint density at radius 2 is 2.00 bits per heavy atom. The lowest BCUT2D eigenvalue weighted by Gasteiger charge is -2.37. The van der Waals surface area contributed by atoms with Crippen molar-refractivity contribution < 1.29 is 17.9 Å². The molecule has 1 aliphatic heterocycles. The van der Waals surface area contributed by atoms with Crippen molar-refractivity contribution in [2.45, 2.75) is 24.8 Å². The van der Waals surface area contributed by atoms with Gasteiger partial charge in [-0.05, 0) is 43.7 Å². The summed E-state index contributed by atoms with van der Waals surface area (Å²) in [5.41, 5.74) is 2.05. The molecule has 0 fully saturated rings. The molecule has 0 saturated heterocycles. The van der Waals surface area contributed by atoms with Crippen LogP contribution < -0.4 is 14.8 Å². The van der Waals surface area contributed by atoms with Crippen LogP contribution in [0.3, 0.4) is 0 Å². The van der Waals surface area contributed by atoms with Crippen molar-refractivity contribution in [2.75, 3.05) is 31.6 Å². The quantitative estimate of drug-likeness (QED) is 0.824. The average Bonchev–Trinajstić information content (AvgIpc) is 2.66. The summed E-state index contributed by atoms with van der Waals surface area (Å²) in [5, 5.41) is 5.20. The third-order valence-corrected chi connectivity index (χ3v) is 5.81. The number of carbonyl (C=O) groups excluding carboxylic acids is 1. The molecule has 0 spiro atoms. The Bertz CT molecular complexity index is 991. The van der Waals surface area contributed by atoms with Crippen LogP contribution in [0, 0.1) is 6.92 Å². The molecule has 2 N–H and O–H groups in total. The second-order valence-corrected chi connectivity index (χ2v) is 8.52. The van der Waals surface area contributed by atoms with Crippen LogP contribution in [-0.2, 0) is 10.0 Å². The summed E-state index contributed by atoms with van der Waals surface area (Å²) in [6.45, 7) is 5.73. The number of anilines is 1. The van der Waals surface area contributed by atoms with Gasteiger partial charge in [-0.3, -0.25) is 4.79 Å². The fourth-order valence-corrected chi connectivity index (χ4v) is 3.92. The highest BCUT2D eigenvalue weighted by Crippen LogP contribution is 2.33. The zero-order chi connectivity index (χ0) is 20.5. The number of hydrogen-bond donors (Lipinski definition) is 1. The molecule has 8 heteroatoms. The first-order valence-electron chi connectivity index (χ1n) is 9.10. The highest BCUT2D eigenvalue weighted by Gasteiger charge is 2.27. The summed E-state index contributed by atoms with van der Waals surface area (Å²) in [6, 6.07) is 12.2. The van der Waals surface area contributed by atoms with Crippen molar-refractivity contribution in [2.24, 2.45) is 5.14 Å². The van der Waals surface area contributed by atoms with Gasteiger partial charge in [-0.15, -0.1) is 0 Å². The lowest BCUT2D eigenvalue weighted by atomic mass is 10.1. The molecule has 0 saturated carbocycles. The number of para-hydroxylation sites is 2. The molecule has 2 aromatic carbocycles. The molecule has 1 aliphatic rings. The van der Waals surface area contributed by atoms with Crippen molar-refractivity contribution in [1.29, 1.82) is 0 Å². The van der Waals surface area contributed by atoms with Gasteiger partial charge in [0.15, 0.2) is 0 Å². The molecule has 2 aromatic rings. The number of sulfonamides is 1. The maximum atomic E-state index is 12.9. The Kier molecular flexibility index (Phi) is 5.62. The summed E-state index contributed by atoms with van der Waals surface area (Å²) in [6.07, 6.45) is -0.189. The molecule has 7 nitrogen and oxygen atoms in total. The number of nitrogens with zero attached hydrogens (tertiary/aromatic N) is 2. The SMILES string of the molecule is CCN1C[C@H](CN(C)C(=O)c2cc(S(N)(=O)=O)ccc2C)Oc2ccccc21. The Labute approximate surface area is 165 Å². The molecule has 0 radical (unpaired) electrons. The molecule has 0 bridgehead atoms. The molecular weight excluding hydrogens is 378 g/mol. The van der Waals surface area contributed by atoms with E-state index >= 15 is 0 Å². The smallest absolute Gasteiger partial charge is 0.254 e. The first-order valence-corrected chi connectivity index (χ1v) is 10.6. The van der Waals surface area contributed by atoms with Gasteiger partial charge in [-0.25, -0.2) is 13.6 Å². The number of ether oxygens (including phenoxy) is 1. The maximum Gasteiger partial charge on any atom is 0.254 e. The molecule has 1 atom stereocenters. The van der Waals surface area contributed by atoms with E-state index in [1.165, 1.54) is 12.1 Å². The van der Waals surface area contributed by atoms with Crippen LogP contribution >= 0.6 is 0 Å². The first kappa shape index (κ1) is 20.2. The van der Waals surface area contributed by atoms with Gasteiger partial charge >= 0.3 is 0 Å². The van der Waals surface area contributed by atoms with Gasteiger partial charge in [0.25, 0.3) is 5.91 Å². The molecule has 1 amide bonds. The number of primary sulfonamides is 1. The minimum Gasteiger partial charge on any atom is -0.485 e. The van der Waals surface area contributed by atoms with Gasteiger partial charge in [0.1, 0.15) is 11.9 Å². The molecule has 28 heavy (non-hydrogen) atoms. The molecule has 0 aromatic heterocycles. The van der Waals surface area contributed by atoms with Crippen LogP contribution in [0.1, 0.15) is 22.8 Å². The van der Waals surface area contributed by atoms with E-state index in [2.05, 4.69) is 11.8 Å². The number of amides is 1. The molecule has 0 aliphatic carbocycles. The van der Waals surface area contributed by atoms with E-state index in [1.54, 1.807) is 24.9 Å². The second kappa shape index (κ2) is 7.81. The average molecular weight is 404 g/mol.